The molecule has 0 aliphatic heterocycles. The van der Waals surface area contributed by atoms with Gasteiger partial charge in [0.05, 0.1) is 11.3 Å². The minimum absolute atomic E-state index is 0.109. The molecule has 3 heterocycles. The average molecular weight is 364 g/mol. The summed E-state index contributed by atoms with van der Waals surface area (Å²) in [4.78, 5) is 8.31. The number of anilines is 1. The van der Waals surface area contributed by atoms with Gasteiger partial charge in [-0.1, -0.05) is 12.1 Å². The summed E-state index contributed by atoms with van der Waals surface area (Å²) in [5.41, 5.74) is 8.25. The van der Waals surface area contributed by atoms with Crippen LogP contribution in [0.3, 0.4) is 0 Å². The summed E-state index contributed by atoms with van der Waals surface area (Å²) in [5.74, 6) is -0.204. The number of alkyl halides is 1. The van der Waals surface area contributed by atoms with Crippen LogP contribution >= 0.6 is 0 Å². The fourth-order valence-electron chi connectivity index (χ4n) is 2.75. The number of hydrogen-bond donors (Lipinski definition) is 1. The van der Waals surface area contributed by atoms with E-state index in [1.807, 2.05) is 12.1 Å². The number of allylic oxidation sites excluding steroid dienone is 6. The molecule has 0 radical (unpaired) electrons. The van der Waals surface area contributed by atoms with Crippen molar-refractivity contribution in [2.45, 2.75) is 6.17 Å². The molecule has 0 fully saturated rings. The second kappa shape index (κ2) is 6.91. The molecule has 1 aliphatic rings. The maximum absolute atomic E-state index is 14.4. The molecule has 27 heavy (non-hydrogen) atoms. The number of hydrogen-bond acceptors (Lipinski definition) is 5. The van der Waals surface area contributed by atoms with E-state index in [-0.39, 0.29) is 11.5 Å². The standard InChI is InChI=1S/C19H14F2N6/c20-14-4-1-5-17(16(21)8-14)27-11-25-26-19(27)15-7-13(10-24-18(15)22)12-3-2-6-23-9-12/h1-11,14H,(H2,22,24). The molecular formula is C19H14F2N6. The van der Waals surface area contributed by atoms with Crippen LogP contribution in [0.15, 0.2) is 73.2 Å². The fraction of sp³-hybridized carbons (Fsp3) is 0.0526. The molecule has 2 N–H and O–H groups in total. The Bertz CT molecular complexity index is 1070. The molecule has 3 aromatic heterocycles. The van der Waals surface area contributed by atoms with Crippen LogP contribution in [0.4, 0.5) is 14.6 Å². The number of halogens is 2. The molecule has 6 nitrogen and oxygen atoms in total. The van der Waals surface area contributed by atoms with Crippen molar-refractivity contribution in [3.05, 3.63) is 73.2 Å². The highest BCUT2D eigenvalue weighted by atomic mass is 19.1. The van der Waals surface area contributed by atoms with E-state index in [2.05, 4.69) is 20.2 Å². The lowest BCUT2D eigenvalue weighted by atomic mass is 10.1. The van der Waals surface area contributed by atoms with Gasteiger partial charge in [0.25, 0.3) is 0 Å². The molecule has 1 aliphatic carbocycles. The van der Waals surface area contributed by atoms with Gasteiger partial charge >= 0.3 is 0 Å². The van der Waals surface area contributed by atoms with Crippen LogP contribution in [-0.2, 0) is 0 Å². The first-order valence-corrected chi connectivity index (χ1v) is 8.10. The molecule has 0 saturated carbocycles. The fourth-order valence-corrected chi connectivity index (χ4v) is 2.75. The lowest BCUT2D eigenvalue weighted by Gasteiger charge is -2.11. The Morgan fingerprint density at radius 3 is 2.89 bits per heavy atom. The van der Waals surface area contributed by atoms with Gasteiger partial charge in [-0.25, -0.2) is 13.8 Å². The van der Waals surface area contributed by atoms with Crippen LogP contribution in [0.25, 0.3) is 28.2 Å². The van der Waals surface area contributed by atoms with Crippen molar-refractivity contribution in [2.24, 2.45) is 0 Å². The van der Waals surface area contributed by atoms with Crippen LogP contribution in [0.5, 0.6) is 0 Å². The van der Waals surface area contributed by atoms with E-state index in [0.717, 1.165) is 17.2 Å². The van der Waals surface area contributed by atoms with E-state index in [1.165, 1.54) is 29.1 Å². The predicted octanol–water partition coefficient (Wildman–Crippen LogP) is 3.59. The van der Waals surface area contributed by atoms with Gasteiger partial charge in [0.15, 0.2) is 5.82 Å². The highest BCUT2D eigenvalue weighted by Gasteiger charge is 2.19. The summed E-state index contributed by atoms with van der Waals surface area (Å²) in [5, 5.41) is 7.93. The van der Waals surface area contributed by atoms with Crippen LogP contribution < -0.4 is 5.73 Å². The summed E-state index contributed by atoms with van der Waals surface area (Å²) in [6.07, 6.45) is 9.86. The van der Waals surface area contributed by atoms with Crippen LogP contribution in [-0.4, -0.2) is 30.9 Å². The topological polar surface area (TPSA) is 82.5 Å². The van der Waals surface area contributed by atoms with Crippen molar-refractivity contribution in [3.63, 3.8) is 0 Å². The summed E-state index contributed by atoms with van der Waals surface area (Å²) >= 11 is 0. The van der Waals surface area contributed by atoms with Gasteiger partial charge < -0.3 is 5.73 Å². The third kappa shape index (κ3) is 3.24. The zero-order chi connectivity index (χ0) is 18.8. The monoisotopic (exact) mass is 364 g/mol. The number of nitrogens with zero attached hydrogens (tertiary/aromatic N) is 5. The first-order chi connectivity index (χ1) is 13.1. The van der Waals surface area contributed by atoms with E-state index in [0.29, 0.717) is 11.4 Å². The van der Waals surface area contributed by atoms with Gasteiger partial charge in [0.1, 0.15) is 24.1 Å². The molecular weight excluding hydrogens is 350 g/mol. The summed E-state index contributed by atoms with van der Waals surface area (Å²) in [7, 11) is 0. The molecule has 0 bridgehead atoms. The first kappa shape index (κ1) is 16.8. The van der Waals surface area contributed by atoms with Crippen molar-refractivity contribution >= 4 is 11.5 Å². The Hall–Kier alpha value is -3.68. The van der Waals surface area contributed by atoms with E-state index >= 15 is 0 Å². The highest BCUT2D eigenvalue weighted by Crippen LogP contribution is 2.31. The number of nitrogens with two attached hydrogens (primary N) is 1. The maximum Gasteiger partial charge on any atom is 0.172 e. The summed E-state index contributed by atoms with van der Waals surface area (Å²) < 4.78 is 29.4. The molecule has 3 aromatic rings. The molecule has 0 saturated heterocycles. The molecule has 0 amide bonds. The largest absolute Gasteiger partial charge is 0.383 e. The lowest BCUT2D eigenvalue weighted by molar-refractivity contribution is 0.461. The smallest absolute Gasteiger partial charge is 0.172 e. The second-order valence-corrected chi connectivity index (χ2v) is 5.82. The van der Waals surface area contributed by atoms with Crippen molar-refractivity contribution in [3.8, 4) is 22.5 Å². The number of rotatable bonds is 3. The third-order valence-corrected chi connectivity index (χ3v) is 4.06. The van der Waals surface area contributed by atoms with Gasteiger partial charge in [0.2, 0.25) is 0 Å². The van der Waals surface area contributed by atoms with Crippen LogP contribution in [0, 0.1) is 0 Å². The second-order valence-electron chi connectivity index (χ2n) is 5.82. The van der Waals surface area contributed by atoms with Crippen LogP contribution in [0.1, 0.15) is 0 Å². The minimum atomic E-state index is -1.50. The molecule has 1 atom stereocenters. The van der Waals surface area contributed by atoms with Crippen molar-refractivity contribution < 1.29 is 8.78 Å². The van der Waals surface area contributed by atoms with Gasteiger partial charge in [-0.2, -0.15) is 0 Å². The Balaban J connectivity index is 1.83. The third-order valence-electron chi connectivity index (χ3n) is 4.06. The van der Waals surface area contributed by atoms with E-state index < -0.39 is 12.0 Å². The summed E-state index contributed by atoms with van der Waals surface area (Å²) in [6, 6.07) is 5.48. The van der Waals surface area contributed by atoms with Crippen molar-refractivity contribution in [1.29, 1.82) is 0 Å². The molecule has 0 aromatic carbocycles. The molecule has 1 unspecified atom stereocenters. The first-order valence-electron chi connectivity index (χ1n) is 8.10. The molecule has 134 valence electrons. The molecule has 4 rings (SSSR count). The van der Waals surface area contributed by atoms with Crippen molar-refractivity contribution in [2.75, 3.05) is 5.73 Å². The Labute approximate surface area is 153 Å². The minimum Gasteiger partial charge on any atom is -0.383 e. The highest BCUT2D eigenvalue weighted by molar-refractivity contribution is 5.78. The Kier molecular flexibility index (Phi) is 4.29. The van der Waals surface area contributed by atoms with Crippen LogP contribution in [0.2, 0.25) is 0 Å². The number of aromatic nitrogens is 5. The Morgan fingerprint density at radius 1 is 1.19 bits per heavy atom. The zero-order valence-corrected chi connectivity index (χ0v) is 14.0. The number of nitrogen functional groups attached to an aromatic ring is 1. The quantitative estimate of drug-likeness (QED) is 0.768. The molecule has 8 heteroatoms. The lowest BCUT2D eigenvalue weighted by Crippen LogP contribution is -2.03. The van der Waals surface area contributed by atoms with E-state index in [9.17, 15) is 8.78 Å². The van der Waals surface area contributed by atoms with E-state index in [4.69, 9.17) is 5.73 Å². The Morgan fingerprint density at radius 2 is 2.07 bits per heavy atom. The van der Waals surface area contributed by atoms with Gasteiger partial charge in [-0.3, -0.25) is 9.55 Å². The van der Waals surface area contributed by atoms with Crippen molar-refractivity contribution in [1.82, 2.24) is 24.7 Å². The molecule has 0 spiro atoms. The summed E-state index contributed by atoms with van der Waals surface area (Å²) in [6.45, 7) is 0. The zero-order valence-electron chi connectivity index (χ0n) is 14.0. The van der Waals surface area contributed by atoms with Gasteiger partial charge in [-0.15, -0.1) is 10.2 Å². The SMILES string of the molecule is Nc1ncc(-c2cccnc2)cc1-c1nncn1C1=CC=CC(F)C=C1F. The normalized spacial score (nSPS) is 16.6. The average Bonchev–Trinajstić information content (AvgIpc) is 3.08. The number of pyridine rings is 2. The van der Waals surface area contributed by atoms with Gasteiger partial charge in [-0.05, 0) is 30.4 Å². The van der Waals surface area contributed by atoms with Gasteiger partial charge in [0, 0.05) is 29.7 Å². The van der Waals surface area contributed by atoms with E-state index in [1.54, 1.807) is 24.7 Å². The predicted molar refractivity (Wildman–Crippen MR) is 98.4 cm³/mol. The maximum atomic E-state index is 14.4.